The molecule has 2 heterocycles. The summed E-state index contributed by atoms with van der Waals surface area (Å²) >= 11 is 5.90. The van der Waals surface area contributed by atoms with E-state index in [1.165, 1.54) is 19.3 Å². The van der Waals surface area contributed by atoms with Gasteiger partial charge in [-0.05, 0) is 20.3 Å². The van der Waals surface area contributed by atoms with Gasteiger partial charge in [0.25, 0.3) is 0 Å². The maximum Gasteiger partial charge on any atom is 0.158 e. The van der Waals surface area contributed by atoms with Crippen LogP contribution < -0.4 is 0 Å². The Morgan fingerprint density at radius 2 is 2.00 bits per heavy atom. The third-order valence-corrected chi connectivity index (χ3v) is 3.67. The van der Waals surface area contributed by atoms with Crippen molar-refractivity contribution in [2.45, 2.75) is 59.5 Å². The van der Waals surface area contributed by atoms with E-state index in [0.717, 1.165) is 42.2 Å². The van der Waals surface area contributed by atoms with Crippen LogP contribution in [-0.2, 0) is 19.5 Å². The van der Waals surface area contributed by atoms with Crippen molar-refractivity contribution < 1.29 is 0 Å². The van der Waals surface area contributed by atoms with E-state index >= 15 is 0 Å². The molecule has 0 aliphatic heterocycles. The van der Waals surface area contributed by atoms with E-state index in [4.69, 9.17) is 16.6 Å². The van der Waals surface area contributed by atoms with E-state index in [1.807, 2.05) is 6.92 Å². The zero-order chi connectivity index (χ0) is 13.8. The minimum absolute atomic E-state index is 0.617. The monoisotopic (exact) mass is 282 g/mol. The molecule has 2 rings (SSSR count). The summed E-state index contributed by atoms with van der Waals surface area (Å²) in [7, 11) is 0. The van der Waals surface area contributed by atoms with E-state index in [2.05, 4.69) is 28.2 Å². The van der Waals surface area contributed by atoms with E-state index in [-0.39, 0.29) is 0 Å². The highest BCUT2D eigenvalue weighted by atomic mass is 35.5. The Morgan fingerprint density at radius 3 is 2.63 bits per heavy atom. The fourth-order valence-corrected chi connectivity index (χ4v) is 2.69. The van der Waals surface area contributed by atoms with Crippen molar-refractivity contribution in [2.75, 3.05) is 5.88 Å². The van der Waals surface area contributed by atoms with Gasteiger partial charge in [-0.15, -0.1) is 11.6 Å². The largest absolute Gasteiger partial charge is 0.313 e. The van der Waals surface area contributed by atoms with Crippen molar-refractivity contribution in [1.82, 2.24) is 19.3 Å². The molecule has 0 radical (unpaired) electrons. The number of alkyl halides is 1. The molecule has 19 heavy (non-hydrogen) atoms. The average molecular weight is 283 g/mol. The molecular weight excluding hydrogens is 260 g/mol. The van der Waals surface area contributed by atoms with Crippen molar-refractivity contribution in [3.8, 4) is 0 Å². The standard InChI is InChI=1S/C14H23ClN4/c1-4-6-7-10-18-12(8-9-15)16-13-11(3)17-19(5-2)14(13)18/h4-10H2,1-3H3. The molecular formula is C14H23ClN4. The van der Waals surface area contributed by atoms with E-state index in [0.29, 0.717) is 5.88 Å². The number of hydrogen-bond acceptors (Lipinski definition) is 2. The first kappa shape index (κ1) is 14.4. The number of aryl methyl sites for hydroxylation is 4. The van der Waals surface area contributed by atoms with Gasteiger partial charge < -0.3 is 4.57 Å². The molecule has 0 aliphatic carbocycles. The number of hydrogen-bond donors (Lipinski definition) is 0. The van der Waals surface area contributed by atoms with Gasteiger partial charge in [-0.25, -0.2) is 9.67 Å². The van der Waals surface area contributed by atoms with Gasteiger partial charge in [-0.1, -0.05) is 19.8 Å². The van der Waals surface area contributed by atoms with Gasteiger partial charge in [0.1, 0.15) is 11.3 Å². The molecule has 0 aliphatic rings. The summed E-state index contributed by atoms with van der Waals surface area (Å²) in [6.07, 6.45) is 4.49. The SMILES string of the molecule is CCCCCn1c(CCCl)nc2c(C)nn(CC)c21. The third kappa shape index (κ3) is 2.78. The number of halogens is 1. The molecule has 2 aromatic rings. The quantitative estimate of drug-likeness (QED) is 0.575. The molecule has 2 aromatic heterocycles. The number of nitrogens with zero attached hydrogens (tertiary/aromatic N) is 4. The zero-order valence-corrected chi connectivity index (χ0v) is 12.9. The van der Waals surface area contributed by atoms with Crippen LogP contribution in [0.5, 0.6) is 0 Å². The van der Waals surface area contributed by atoms with Crippen LogP contribution in [0, 0.1) is 6.92 Å². The van der Waals surface area contributed by atoms with Gasteiger partial charge >= 0.3 is 0 Å². The summed E-state index contributed by atoms with van der Waals surface area (Å²) in [6, 6.07) is 0. The second-order valence-corrected chi connectivity index (χ2v) is 5.28. The Kier molecular flexibility index (Phi) is 4.86. The normalized spacial score (nSPS) is 11.6. The minimum Gasteiger partial charge on any atom is -0.313 e. The van der Waals surface area contributed by atoms with Crippen molar-refractivity contribution in [3.63, 3.8) is 0 Å². The van der Waals surface area contributed by atoms with Crippen LogP contribution in [0.15, 0.2) is 0 Å². The molecule has 4 nitrogen and oxygen atoms in total. The molecule has 106 valence electrons. The lowest BCUT2D eigenvalue weighted by atomic mass is 10.2. The first-order valence-electron chi connectivity index (χ1n) is 7.21. The molecule has 0 spiro atoms. The van der Waals surface area contributed by atoms with Crippen LogP contribution in [0.4, 0.5) is 0 Å². The van der Waals surface area contributed by atoms with Gasteiger partial charge in [-0.3, -0.25) is 0 Å². The van der Waals surface area contributed by atoms with Gasteiger partial charge in [0, 0.05) is 25.4 Å². The maximum absolute atomic E-state index is 5.90. The predicted octanol–water partition coefficient (Wildman–Crippen LogP) is 3.53. The molecule has 0 saturated carbocycles. The van der Waals surface area contributed by atoms with Gasteiger partial charge in [-0.2, -0.15) is 5.10 Å². The molecule has 0 N–H and O–H groups in total. The Labute approximate surface area is 119 Å². The zero-order valence-electron chi connectivity index (χ0n) is 12.1. The van der Waals surface area contributed by atoms with E-state index < -0.39 is 0 Å². The smallest absolute Gasteiger partial charge is 0.158 e. The molecule has 0 aromatic carbocycles. The topological polar surface area (TPSA) is 35.6 Å². The Morgan fingerprint density at radius 1 is 1.21 bits per heavy atom. The summed E-state index contributed by atoms with van der Waals surface area (Å²) in [5.41, 5.74) is 3.22. The van der Waals surface area contributed by atoms with Gasteiger partial charge in [0.2, 0.25) is 0 Å². The maximum atomic E-state index is 5.90. The van der Waals surface area contributed by atoms with Crippen molar-refractivity contribution in [3.05, 3.63) is 11.5 Å². The lowest BCUT2D eigenvalue weighted by molar-refractivity contribution is 0.569. The highest BCUT2D eigenvalue weighted by molar-refractivity contribution is 6.17. The second-order valence-electron chi connectivity index (χ2n) is 4.90. The average Bonchev–Trinajstić information content (AvgIpc) is 2.90. The van der Waals surface area contributed by atoms with Crippen LogP contribution in [0.2, 0.25) is 0 Å². The van der Waals surface area contributed by atoms with Crippen molar-refractivity contribution in [1.29, 1.82) is 0 Å². The van der Waals surface area contributed by atoms with Crippen LogP contribution >= 0.6 is 11.6 Å². The molecule has 0 atom stereocenters. The molecule has 0 bridgehead atoms. The predicted molar refractivity (Wildman–Crippen MR) is 79.9 cm³/mol. The summed E-state index contributed by atoms with van der Waals surface area (Å²) in [5.74, 6) is 1.72. The first-order valence-corrected chi connectivity index (χ1v) is 7.74. The second kappa shape index (κ2) is 6.42. The number of unbranched alkanes of at least 4 members (excludes halogenated alkanes) is 2. The van der Waals surface area contributed by atoms with Crippen molar-refractivity contribution >= 4 is 22.8 Å². The number of rotatable bonds is 7. The van der Waals surface area contributed by atoms with Crippen LogP contribution in [0.3, 0.4) is 0 Å². The highest BCUT2D eigenvalue weighted by Gasteiger charge is 2.17. The van der Waals surface area contributed by atoms with Gasteiger partial charge in [0.05, 0.1) is 5.69 Å². The molecule has 0 saturated heterocycles. The molecule has 0 unspecified atom stereocenters. The minimum atomic E-state index is 0.617. The summed E-state index contributed by atoms with van der Waals surface area (Å²) < 4.78 is 4.37. The van der Waals surface area contributed by atoms with Crippen molar-refractivity contribution in [2.24, 2.45) is 0 Å². The Balaban J connectivity index is 2.44. The fraction of sp³-hybridized carbons (Fsp3) is 0.714. The number of imidazole rings is 1. The lowest BCUT2D eigenvalue weighted by Crippen LogP contribution is -2.09. The summed E-state index contributed by atoms with van der Waals surface area (Å²) in [6.45, 7) is 8.27. The summed E-state index contributed by atoms with van der Waals surface area (Å²) in [5, 5.41) is 4.56. The van der Waals surface area contributed by atoms with Crippen LogP contribution in [0.1, 0.15) is 44.6 Å². The number of aromatic nitrogens is 4. The fourth-order valence-electron chi connectivity index (χ4n) is 2.52. The third-order valence-electron chi connectivity index (χ3n) is 3.48. The van der Waals surface area contributed by atoms with Gasteiger partial charge in [0.15, 0.2) is 5.65 Å². The summed E-state index contributed by atoms with van der Waals surface area (Å²) in [4.78, 5) is 4.74. The van der Waals surface area contributed by atoms with Crippen LogP contribution in [-0.4, -0.2) is 25.2 Å². The molecule has 0 amide bonds. The molecule has 0 fully saturated rings. The Bertz CT molecular complexity index is 541. The van der Waals surface area contributed by atoms with E-state index in [1.54, 1.807) is 0 Å². The number of fused-ring (bicyclic) bond motifs is 1. The molecule has 5 heteroatoms. The highest BCUT2D eigenvalue weighted by Crippen LogP contribution is 2.21. The lowest BCUT2D eigenvalue weighted by Gasteiger charge is -2.09. The van der Waals surface area contributed by atoms with Crippen LogP contribution in [0.25, 0.3) is 11.2 Å². The Hall–Kier alpha value is -1.03. The first-order chi connectivity index (χ1) is 9.22. The van der Waals surface area contributed by atoms with E-state index in [9.17, 15) is 0 Å².